The molecule has 0 saturated carbocycles. The minimum absolute atomic E-state index is 0.0447. The van der Waals surface area contributed by atoms with Gasteiger partial charge in [0.2, 0.25) is 0 Å². The third kappa shape index (κ3) is 3.37. The highest BCUT2D eigenvalue weighted by atomic mass is 16.3. The second-order valence-electron chi connectivity index (χ2n) is 5.26. The SMILES string of the molecule is CC(NC(=O)c1cc(O)ccc1O)C(C)(C)C. The van der Waals surface area contributed by atoms with Gasteiger partial charge in [0.05, 0.1) is 5.56 Å². The van der Waals surface area contributed by atoms with Gasteiger partial charge in [-0.2, -0.15) is 0 Å². The van der Waals surface area contributed by atoms with E-state index in [2.05, 4.69) is 5.32 Å². The van der Waals surface area contributed by atoms with Gasteiger partial charge in [-0.1, -0.05) is 20.8 Å². The zero-order valence-electron chi connectivity index (χ0n) is 10.6. The number of phenolic OH excluding ortho intramolecular Hbond substituents is 2. The van der Waals surface area contributed by atoms with E-state index in [1.807, 2.05) is 27.7 Å². The highest BCUT2D eigenvalue weighted by Crippen LogP contribution is 2.23. The quantitative estimate of drug-likeness (QED) is 0.691. The summed E-state index contributed by atoms with van der Waals surface area (Å²) in [6.45, 7) is 7.94. The van der Waals surface area contributed by atoms with Crippen molar-refractivity contribution in [2.24, 2.45) is 5.41 Å². The number of hydrogen-bond acceptors (Lipinski definition) is 3. The molecule has 3 N–H and O–H groups in total. The monoisotopic (exact) mass is 237 g/mol. The van der Waals surface area contributed by atoms with Crippen molar-refractivity contribution in [2.75, 3.05) is 0 Å². The maximum absolute atomic E-state index is 11.9. The first kappa shape index (κ1) is 13.4. The maximum atomic E-state index is 11.9. The van der Waals surface area contributed by atoms with Crippen LogP contribution in [0.5, 0.6) is 11.5 Å². The number of aromatic hydroxyl groups is 2. The molecule has 0 aliphatic carbocycles. The van der Waals surface area contributed by atoms with Gasteiger partial charge in [0.25, 0.3) is 5.91 Å². The van der Waals surface area contributed by atoms with E-state index in [4.69, 9.17) is 0 Å². The molecule has 0 aliphatic heterocycles. The van der Waals surface area contributed by atoms with Gasteiger partial charge in [-0.15, -0.1) is 0 Å². The lowest BCUT2D eigenvalue weighted by molar-refractivity contribution is 0.0907. The standard InChI is InChI=1S/C13H19NO3/c1-8(13(2,3)4)14-12(17)10-7-9(15)5-6-11(10)16/h5-8,15-16H,1-4H3,(H,14,17). The van der Waals surface area contributed by atoms with E-state index in [9.17, 15) is 15.0 Å². The number of hydrogen-bond donors (Lipinski definition) is 3. The molecule has 94 valence electrons. The Bertz CT molecular complexity index is 421. The molecule has 17 heavy (non-hydrogen) atoms. The molecule has 4 heteroatoms. The average Bonchev–Trinajstić information content (AvgIpc) is 2.20. The molecule has 1 unspecified atom stereocenters. The summed E-state index contributed by atoms with van der Waals surface area (Å²) in [5.74, 6) is -0.571. The normalized spacial score (nSPS) is 13.2. The molecule has 0 spiro atoms. The number of nitrogens with one attached hydrogen (secondary N) is 1. The van der Waals surface area contributed by atoms with E-state index in [1.54, 1.807) is 0 Å². The third-order valence-electron chi connectivity index (χ3n) is 2.87. The Hall–Kier alpha value is -1.71. The number of carbonyl (C=O) groups is 1. The first-order valence-corrected chi connectivity index (χ1v) is 5.54. The van der Waals surface area contributed by atoms with Gasteiger partial charge in [-0.05, 0) is 30.5 Å². The van der Waals surface area contributed by atoms with E-state index in [0.717, 1.165) is 0 Å². The molecule has 0 bridgehead atoms. The number of benzene rings is 1. The lowest BCUT2D eigenvalue weighted by Crippen LogP contribution is -2.41. The van der Waals surface area contributed by atoms with E-state index < -0.39 is 0 Å². The number of phenols is 2. The maximum Gasteiger partial charge on any atom is 0.255 e. The Morgan fingerprint density at radius 2 is 1.88 bits per heavy atom. The van der Waals surface area contributed by atoms with Crippen molar-refractivity contribution in [1.29, 1.82) is 0 Å². The summed E-state index contributed by atoms with van der Waals surface area (Å²) in [5, 5.41) is 21.6. The molecule has 1 atom stereocenters. The molecule has 0 aromatic heterocycles. The van der Waals surface area contributed by atoms with Crippen LogP contribution in [0.25, 0.3) is 0 Å². The predicted molar refractivity (Wildman–Crippen MR) is 66.2 cm³/mol. The molecular formula is C13H19NO3. The van der Waals surface area contributed by atoms with Gasteiger partial charge in [0, 0.05) is 6.04 Å². The van der Waals surface area contributed by atoms with Crippen molar-refractivity contribution >= 4 is 5.91 Å². The summed E-state index contributed by atoms with van der Waals surface area (Å²) in [6, 6.07) is 3.84. The van der Waals surface area contributed by atoms with Crippen molar-refractivity contribution in [3.05, 3.63) is 23.8 Å². The van der Waals surface area contributed by atoms with Crippen LogP contribution in [0.1, 0.15) is 38.1 Å². The Balaban J connectivity index is 2.87. The lowest BCUT2D eigenvalue weighted by Gasteiger charge is -2.28. The van der Waals surface area contributed by atoms with Gasteiger partial charge in [0.15, 0.2) is 0 Å². The van der Waals surface area contributed by atoms with Crippen LogP contribution >= 0.6 is 0 Å². The van der Waals surface area contributed by atoms with Gasteiger partial charge < -0.3 is 15.5 Å². The summed E-state index contributed by atoms with van der Waals surface area (Å²) in [5.41, 5.74) is 0.0170. The molecular weight excluding hydrogens is 218 g/mol. The van der Waals surface area contributed by atoms with Gasteiger partial charge in [-0.3, -0.25) is 4.79 Å². The topological polar surface area (TPSA) is 69.6 Å². The number of amides is 1. The van der Waals surface area contributed by atoms with Gasteiger partial charge in [-0.25, -0.2) is 0 Å². The minimum atomic E-state index is -0.388. The summed E-state index contributed by atoms with van der Waals surface area (Å²) >= 11 is 0. The van der Waals surface area contributed by atoms with Crippen LogP contribution in [-0.4, -0.2) is 22.2 Å². The first-order chi connectivity index (χ1) is 7.71. The van der Waals surface area contributed by atoms with Crippen LogP contribution in [0.3, 0.4) is 0 Å². The van der Waals surface area contributed by atoms with Gasteiger partial charge >= 0.3 is 0 Å². The molecule has 1 aromatic rings. The smallest absolute Gasteiger partial charge is 0.255 e. The molecule has 1 amide bonds. The van der Waals surface area contributed by atoms with Crippen LogP contribution in [0, 0.1) is 5.41 Å². The van der Waals surface area contributed by atoms with E-state index >= 15 is 0 Å². The van der Waals surface area contributed by atoms with Crippen molar-refractivity contribution in [3.63, 3.8) is 0 Å². The molecule has 1 aromatic carbocycles. The lowest BCUT2D eigenvalue weighted by atomic mass is 9.88. The summed E-state index contributed by atoms with van der Waals surface area (Å²) in [6.07, 6.45) is 0. The van der Waals surface area contributed by atoms with Crippen molar-refractivity contribution in [3.8, 4) is 11.5 Å². The Kier molecular flexibility index (Phi) is 3.66. The van der Waals surface area contributed by atoms with Gasteiger partial charge in [0.1, 0.15) is 11.5 Å². The average molecular weight is 237 g/mol. The molecule has 1 rings (SSSR count). The van der Waals surface area contributed by atoms with Crippen LogP contribution < -0.4 is 5.32 Å². The van der Waals surface area contributed by atoms with Crippen molar-refractivity contribution in [2.45, 2.75) is 33.7 Å². The summed E-state index contributed by atoms with van der Waals surface area (Å²) in [4.78, 5) is 11.9. The summed E-state index contributed by atoms with van der Waals surface area (Å²) in [7, 11) is 0. The minimum Gasteiger partial charge on any atom is -0.508 e. The van der Waals surface area contributed by atoms with Crippen LogP contribution in [0.4, 0.5) is 0 Å². The highest BCUT2D eigenvalue weighted by Gasteiger charge is 2.23. The second kappa shape index (κ2) is 4.65. The predicted octanol–water partition coefficient (Wildman–Crippen LogP) is 2.26. The van der Waals surface area contributed by atoms with Crippen LogP contribution in [0.2, 0.25) is 0 Å². The van der Waals surface area contributed by atoms with E-state index in [0.29, 0.717) is 0 Å². The molecule has 0 aliphatic rings. The largest absolute Gasteiger partial charge is 0.508 e. The molecule has 0 heterocycles. The molecule has 0 fully saturated rings. The number of rotatable bonds is 2. The number of carbonyl (C=O) groups excluding carboxylic acids is 1. The Morgan fingerprint density at radius 3 is 2.41 bits per heavy atom. The fourth-order valence-corrected chi connectivity index (χ4v) is 1.20. The second-order valence-corrected chi connectivity index (χ2v) is 5.26. The highest BCUT2D eigenvalue weighted by molar-refractivity contribution is 5.97. The fraction of sp³-hybridized carbons (Fsp3) is 0.462. The molecule has 0 radical (unpaired) electrons. The zero-order valence-corrected chi connectivity index (χ0v) is 10.6. The fourth-order valence-electron chi connectivity index (χ4n) is 1.20. The molecule has 4 nitrogen and oxygen atoms in total. The van der Waals surface area contributed by atoms with E-state index in [1.165, 1.54) is 18.2 Å². The molecule has 0 saturated heterocycles. The Labute approximate surface area is 101 Å². The van der Waals surface area contributed by atoms with Crippen LogP contribution in [-0.2, 0) is 0 Å². The van der Waals surface area contributed by atoms with Crippen molar-refractivity contribution < 1.29 is 15.0 Å². The summed E-state index contributed by atoms with van der Waals surface area (Å²) < 4.78 is 0. The Morgan fingerprint density at radius 1 is 1.29 bits per heavy atom. The third-order valence-corrected chi connectivity index (χ3v) is 2.87. The van der Waals surface area contributed by atoms with E-state index in [-0.39, 0.29) is 34.4 Å². The van der Waals surface area contributed by atoms with Crippen LogP contribution in [0.15, 0.2) is 18.2 Å². The van der Waals surface area contributed by atoms with Crippen molar-refractivity contribution in [1.82, 2.24) is 5.32 Å². The zero-order chi connectivity index (χ0) is 13.2. The first-order valence-electron chi connectivity index (χ1n) is 5.54.